The highest BCUT2D eigenvalue weighted by molar-refractivity contribution is 7.10. The predicted octanol–water partition coefficient (Wildman–Crippen LogP) is 3.38. The number of ether oxygens (including phenoxy) is 1. The van der Waals surface area contributed by atoms with Crippen molar-refractivity contribution >= 4 is 23.1 Å². The summed E-state index contributed by atoms with van der Waals surface area (Å²) in [6.07, 6.45) is 0. The summed E-state index contributed by atoms with van der Waals surface area (Å²) < 4.78 is 28.6. The Hall–Kier alpha value is -2.19. The van der Waals surface area contributed by atoms with Crippen LogP contribution in [0.2, 0.25) is 0 Å². The lowest BCUT2D eigenvalue weighted by atomic mass is 10.1. The summed E-state index contributed by atoms with van der Waals surface area (Å²) in [7, 11) is 0. The molecule has 0 unspecified atom stereocenters. The van der Waals surface area contributed by atoms with Gasteiger partial charge in [0.05, 0.1) is 6.54 Å². The molecule has 3 N–H and O–H groups in total. The van der Waals surface area contributed by atoms with Gasteiger partial charge < -0.3 is 20.5 Å². The summed E-state index contributed by atoms with van der Waals surface area (Å²) in [4.78, 5) is 12.6. The first kappa shape index (κ1) is 17.2. The first-order valence-electron chi connectivity index (χ1n) is 6.73. The molecule has 1 atom stereocenters. The quantitative estimate of drug-likeness (QED) is 0.754. The lowest BCUT2D eigenvalue weighted by Crippen LogP contribution is -2.40. The molecule has 124 valence electrons. The van der Waals surface area contributed by atoms with Gasteiger partial charge in [-0.2, -0.15) is 8.78 Å². The summed E-state index contributed by atoms with van der Waals surface area (Å²) in [6.45, 7) is -1.33. The highest BCUT2D eigenvalue weighted by atomic mass is 32.1. The van der Waals surface area contributed by atoms with Crippen LogP contribution >= 0.6 is 11.3 Å². The number of hydrogen-bond acceptors (Lipinski definition) is 4. The fourth-order valence-corrected chi connectivity index (χ4v) is 2.64. The summed E-state index contributed by atoms with van der Waals surface area (Å²) in [6, 6.07) is 8.68. The average molecular weight is 342 g/mol. The Morgan fingerprint density at radius 1 is 1.39 bits per heavy atom. The van der Waals surface area contributed by atoms with Crippen molar-refractivity contribution in [1.82, 2.24) is 5.32 Å². The SMILES string of the molecule is C[C@](O)(CNC(=O)Nc1cccc(OC(F)F)c1)c1cccs1. The van der Waals surface area contributed by atoms with Gasteiger partial charge in [-0.15, -0.1) is 11.3 Å². The summed E-state index contributed by atoms with van der Waals surface area (Å²) in [5.41, 5.74) is -0.886. The van der Waals surface area contributed by atoms with E-state index >= 15 is 0 Å². The van der Waals surface area contributed by atoms with Crippen LogP contribution in [0.25, 0.3) is 0 Å². The lowest BCUT2D eigenvalue weighted by Gasteiger charge is -2.22. The van der Waals surface area contributed by atoms with Crippen LogP contribution in [0.1, 0.15) is 11.8 Å². The maximum atomic E-state index is 12.2. The number of urea groups is 1. The van der Waals surface area contributed by atoms with Crippen LogP contribution in [-0.4, -0.2) is 24.3 Å². The first-order chi connectivity index (χ1) is 10.9. The van der Waals surface area contributed by atoms with Crippen molar-refractivity contribution in [1.29, 1.82) is 0 Å². The van der Waals surface area contributed by atoms with Crippen LogP contribution < -0.4 is 15.4 Å². The average Bonchev–Trinajstić information content (AvgIpc) is 3.00. The number of carbonyl (C=O) groups is 1. The van der Waals surface area contributed by atoms with E-state index in [4.69, 9.17) is 0 Å². The zero-order chi connectivity index (χ0) is 16.9. The molecule has 1 heterocycles. The smallest absolute Gasteiger partial charge is 0.387 e. The Bertz CT molecular complexity index is 648. The van der Waals surface area contributed by atoms with Gasteiger partial charge in [0.1, 0.15) is 11.4 Å². The molecule has 23 heavy (non-hydrogen) atoms. The van der Waals surface area contributed by atoms with Gasteiger partial charge in [-0.1, -0.05) is 12.1 Å². The highest BCUT2D eigenvalue weighted by Crippen LogP contribution is 2.24. The van der Waals surface area contributed by atoms with Gasteiger partial charge in [0.2, 0.25) is 0 Å². The van der Waals surface area contributed by atoms with Gasteiger partial charge in [0, 0.05) is 16.6 Å². The summed E-state index contributed by atoms with van der Waals surface area (Å²) in [5.74, 6) is -0.0524. The van der Waals surface area contributed by atoms with Gasteiger partial charge in [0.25, 0.3) is 0 Å². The standard InChI is InChI=1S/C15H16F2N2O3S/c1-15(21,12-6-3-7-23-12)9-18-14(20)19-10-4-2-5-11(8-10)22-13(16)17/h2-8,13,21H,9H2,1H3,(H2,18,19,20)/t15-/m0/s1. The van der Waals surface area contributed by atoms with E-state index in [-0.39, 0.29) is 12.3 Å². The third-order valence-corrected chi connectivity index (χ3v) is 4.09. The van der Waals surface area contributed by atoms with Crippen molar-refractivity contribution in [2.75, 3.05) is 11.9 Å². The molecule has 0 aliphatic heterocycles. The van der Waals surface area contributed by atoms with Gasteiger partial charge in [-0.05, 0) is 30.5 Å². The third kappa shape index (κ3) is 5.19. The van der Waals surface area contributed by atoms with Crippen molar-refractivity contribution in [3.05, 3.63) is 46.7 Å². The molecular formula is C15H16F2N2O3S. The van der Waals surface area contributed by atoms with Gasteiger partial charge in [-0.3, -0.25) is 0 Å². The third-order valence-electron chi connectivity index (χ3n) is 2.96. The molecule has 0 fully saturated rings. The summed E-state index contributed by atoms with van der Waals surface area (Å²) in [5, 5.41) is 17.2. The maximum Gasteiger partial charge on any atom is 0.387 e. The molecule has 0 aliphatic rings. The number of benzene rings is 1. The number of nitrogens with one attached hydrogen (secondary N) is 2. The normalized spacial score (nSPS) is 13.4. The van der Waals surface area contributed by atoms with Gasteiger partial charge in [0.15, 0.2) is 0 Å². The molecule has 0 bridgehead atoms. The fraction of sp³-hybridized carbons (Fsp3) is 0.267. The number of halogens is 2. The van der Waals surface area contributed by atoms with E-state index < -0.39 is 18.2 Å². The van der Waals surface area contributed by atoms with Crippen molar-refractivity contribution < 1.29 is 23.4 Å². The number of hydrogen-bond donors (Lipinski definition) is 3. The van der Waals surface area contributed by atoms with Crippen molar-refractivity contribution in [2.45, 2.75) is 19.1 Å². The van der Waals surface area contributed by atoms with Crippen LogP contribution in [0, 0.1) is 0 Å². The van der Waals surface area contributed by atoms with Crippen LogP contribution in [-0.2, 0) is 5.60 Å². The first-order valence-corrected chi connectivity index (χ1v) is 7.61. The summed E-state index contributed by atoms with van der Waals surface area (Å²) >= 11 is 1.38. The minimum absolute atomic E-state index is 0.00652. The van der Waals surface area contributed by atoms with Gasteiger partial charge in [-0.25, -0.2) is 4.79 Å². The zero-order valence-electron chi connectivity index (χ0n) is 12.3. The number of amides is 2. The molecule has 2 rings (SSSR count). The van der Waals surface area contributed by atoms with E-state index in [9.17, 15) is 18.7 Å². The van der Waals surface area contributed by atoms with Crippen molar-refractivity contribution in [3.63, 3.8) is 0 Å². The largest absolute Gasteiger partial charge is 0.435 e. The van der Waals surface area contributed by atoms with Crippen LogP contribution in [0.5, 0.6) is 5.75 Å². The molecule has 8 heteroatoms. The van der Waals surface area contributed by atoms with Gasteiger partial charge >= 0.3 is 12.6 Å². The molecule has 0 saturated carbocycles. The molecular weight excluding hydrogens is 326 g/mol. The molecule has 5 nitrogen and oxygen atoms in total. The minimum atomic E-state index is -2.93. The minimum Gasteiger partial charge on any atom is -0.435 e. The molecule has 0 aliphatic carbocycles. The number of aliphatic hydroxyl groups is 1. The molecule has 1 aromatic heterocycles. The number of alkyl halides is 2. The zero-order valence-corrected chi connectivity index (χ0v) is 13.1. The lowest BCUT2D eigenvalue weighted by molar-refractivity contribution is -0.0498. The van der Waals surface area contributed by atoms with E-state index in [1.165, 1.54) is 35.6 Å². The van der Waals surface area contributed by atoms with E-state index in [1.54, 1.807) is 13.0 Å². The van der Waals surface area contributed by atoms with Crippen molar-refractivity contribution in [3.8, 4) is 5.75 Å². The molecule has 2 aromatic rings. The Kier molecular flexibility index (Phi) is 5.51. The molecule has 2 amide bonds. The maximum absolute atomic E-state index is 12.2. The van der Waals surface area contributed by atoms with E-state index in [0.717, 1.165) is 4.88 Å². The predicted molar refractivity (Wildman–Crippen MR) is 84.0 cm³/mol. The van der Waals surface area contributed by atoms with Crippen LogP contribution in [0.4, 0.5) is 19.3 Å². The Morgan fingerprint density at radius 3 is 2.83 bits per heavy atom. The number of rotatable bonds is 6. The second kappa shape index (κ2) is 7.38. The number of carbonyl (C=O) groups excluding carboxylic acids is 1. The monoisotopic (exact) mass is 342 g/mol. The van der Waals surface area contributed by atoms with Crippen LogP contribution in [0.3, 0.4) is 0 Å². The second-order valence-electron chi connectivity index (χ2n) is 4.97. The molecule has 0 saturated heterocycles. The Labute approximate surface area is 135 Å². The number of anilines is 1. The molecule has 0 spiro atoms. The highest BCUT2D eigenvalue weighted by Gasteiger charge is 2.24. The van der Waals surface area contributed by atoms with Crippen molar-refractivity contribution in [2.24, 2.45) is 0 Å². The fourth-order valence-electron chi connectivity index (χ4n) is 1.85. The van der Waals surface area contributed by atoms with E-state index in [0.29, 0.717) is 5.69 Å². The molecule has 1 aromatic carbocycles. The Balaban J connectivity index is 1.90. The number of thiophene rings is 1. The van der Waals surface area contributed by atoms with E-state index in [2.05, 4.69) is 15.4 Å². The van der Waals surface area contributed by atoms with E-state index in [1.807, 2.05) is 11.4 Å². The van der Waals surface area contributed by atoms with Crippen LogP contribution in [0.15, 0.2) is 41.8 Å². The Morgan fingerprint density at radius 2 is 2.17 bits per heavy atom. The second-order valence-corrected chi connectivity index (χ2v) is 5.91. The topological polar surface area (TPSA) is 70.6 Å². The molecule has 0 radical (unpaired) electrons.